The van der Waals surface area contributed by atoms with E-state index in [0.717, 1.165) is 18.1 Å². The van der Waals surface area contributed by atoms with Gasteiger partial charge in [-0.15, -0.1) is 0 Å². The second-order valence-corrected chi connectivity index (χ2v) is 8.61. The smallest absolute Gasteiger partial charge is 0.303 e. The number of carbonyl (C=O) groups is 4. The first-order valence-corrected chi connectivity index (χ1v) is 11.5. The third kappa shape index (κ3) is 4.78. The van der Waals surface area contributed by atoms with Gasteiger partial charge in [0.15, 0.2) is 11.8 Å². The lowest BCUT2D eigenvalue weighted by Gasteiger charge is -2.35. The van der Waals surface area contributed by atoms with Crippen molar-refractivity contribution in [1.29, 1.82) is 0 Å². The summed E-state index contributed by atoms with van der Waals surface area (Å²) >= 11 is 0. The fourth-order valence-corrected chi connectivity index (χ4v) is 4.38. The molecule has 3 amide bonds. The minimum absolute atomic E-state index is 0.103. The molecule has 1 saturated heterocycles. The molecule has 1 N–H and O–H groups in total. The van der Waals surface area contributed by atoms with Gasteiger partial charge in [-0.25, -0.2) is 4.85 Å². The second kappa shape index (κ2) is 10.2. The largest absolute Gasteiger partial charge is 0.449 e. The number of morpholine rings is 1. The number of rotatable bonds is 6. The number of carbonyl (C=O) groups excluding carboxylic acids is 4. The van der Waals surface area contributed by atoms with Crippen LogP contribution < -0.4 is 10.2 Å². The molecule has 2 aliphatic heterocycles. The molecule has 2 atom stereocenters. The lowest BCUT2D eigenvalue weighted by Crippen LogP contribution is -2.56. The summed E-state index contributed by atoms with van der Waals surface area (Å²) in [6.07, 6.45) is -2.36. The molecule has 4 rings (SSSR count). The maximum atomic E-state index is 13.5. The number of aryl methyl sites for hydroxylation is 1. The van der Waals surface area contributed by atoms with E-state index in [1.807, 2.05) is 6.92 Å². The summed E-state index contributed by atoms with van der Waals surface area (Å²) in [5.41, 5.74) is 3.51. The minimum atomic E-state index is -1.54. The Hall–Kier alpha value is -4.23. The first kappa shape index (κ1) is 24.9. The molecular formula is C26H26N4O6. The van der Waals surface area contributed by atoms with Crippen molar-refractivity contribution in [3.05, 3.63) is 64.5 Å². The van der Waals surface area contributed by atoms with Crippen molar-refractivity contribution in [3.8, 4) is 0 Å². The second-order valence-electron chi connectivity index (χ2n) is 8.61. The van der Waals surface area contributed by atoms with Crippen molar-refractivity contribution < 1.29 is 28.7 Å². The molecule has 2 aliphatic rings. The Morgan fingerprint density at radius 1 is 1.25 bits per heavy atom. The van der Waals surface area contributed by atoms with Gasteiger partial charge in [-0.05, 0) is 35.7 Å². The first-order chi connectivity index (χ1) is 17.2. The van der Waals surface area contributed by atoms with Crippen LogP contribution in [0.1, 0.15) is 35.3 Å². The zero-order valence-electron chi connectivity index (χ0n) is 20.2. The van der Waals surface area contributed by atoms with E-state index in [4.69, 9.17) is 16.0 Å². The summed E-state index contributed by atoms with van der Waals surface area (Å²) in [4.78, 5) is 57.4. The number of hydrogen-bond acceptors (Lipinski definition) is 6. The predicted octanol–water partition coefficient (Wildman–Crippen LogP) is 2.69. The van der Waals surface area contributed by atoms with Crippen molar-refractivity contribution in [2.24, 2.45) is 0 Å². The normalized spacial score (nSPS) is 17.9. The Labute approximate surface area is 208 Å². The highest BCUT2D eigenvalue weighted by atomic mass is 16.6. The van der Waals surface area contributed by atoms with Crippen molar-refractivity contribution in [3.63, 3.8) is 0 Å². The van der Waals surface area contributed by atoms with Crippen LogP contribution in [0.15, 0.2) is 36.4 Å². The topological polar surface area (TPSA) is 110 Å². The summed E-state index contributed by atoms with van der Waals surface area (Å²) < 4.78 is 10.9. The molecule has 0 radical (unpaired) electrons. The number of amides is 3. The van der Waals surface area contributed by atoms with E-state index in [0.29, 0.717) is 35.6 Å². The summed E-state index contributed by atoms with van der Waals surface area (Å²) in [6.45, 7) is 11.0. The zero-order valence-corrected chi connectivity index (χ0v) is 20.2. The Balaban J connectivity index is 1.59. The van der Waals surface area contributed by atoms with Gasteiger partial charge in [-0.3, -0.25) is 19.2 Å². The zero-order chi connectivity index (χ0) is 26.0. The summed E-state index contributed by atoms with van der Waals surface area (Å²) in [6, 6.07) is 10.1. The molecule has 186 valence electrons. The lowest BCUT2D eigenvalue weighted by molar-refractivity contribution is -0.167. The van der Waals surface area contributed by atoms with Gasteiger partial charge >= 0.3 is 5.97 Å². The minimum Gasteiger partial charge on any atom is -0.449 e. The van der Waals surface area contributed by atoms with Gasteiger partial charge in [0.2, 0.25) is 6.10 Å². The van der Waals surface area contributed by atoms with Crippen molar-refractivity contribution in [1.82, 2.24) is 4.90 Å². The van der Waals surface area contributed by atoms with Crippen LogP contribution in [0, 0.1) is 6.57 Å². The van der Waals surface area contributed by atoms with E-state index in [9.17, 15) is 19.2 Å². The number of anilines is 2. The third-order valence-electron chi connectivity index (χ3n) is 6.19. The van der Waals surface area contributed by atoms with E-state index in [1.54, 1.807) is 48.3 Å². The van der Waals surface area contributed by atoms with E-state index in [-0.39, 0.29) is 19.1 Å². The van der Waals surface area contributed by atoms with Crippen molar-refractivity contribution >= 4 is 40.8 Å². The number of esters is 1. The van der Waals surface area contributed by atoms with Crippen LogP contribution in [-0.2, 0) is 36.8 Å². The number of fused-ring (bicyclic) bond motifs is 1. The summed E-state index contributed by atoms with van der Waals surface area (Å²) in [5.74, 6) is -2.15. The molecule has 0 spiro atoms. The molecule has 1 fully saturated rings. The molecule has 0 unspecified atom stereocenters. The Bertz CT molecular complexity index is 1280. The van der Waals surface area contributed by atoms with E-state index < -0.39 is 30.0 Å². The molecule has 0 aromatic heterocycles. The average Bonchev–Trinajstić information content (AvgIpc) is 3.15. The van der Waals surface area contributed by atoms with Crippen LogP contribution in [0.5, 0.6) is 0 Å². The number of benzene rings is 2. The molecule has 2 heterocycles. The summed E-state index contributed by atoms with van der Waals surface area (Å²) in [5, 5.41) is 2.72. The standard InChI is InChI=1S/C26H26N4O6/c1-5-16-12-18(27-3)7-9-21(16)28-24(32)22(36-15(2)31)23-26(34)30(10-11-35-23)19-8-6-17-14-29(4)25(33)20(17)13-19/h6-9,12-13,22-23H,5,10-11,14H2,1-2,4H3,(H,28,32)/t22-,23-/m1/s1. The number of hydrogen-bond donors (Lipinski definition) is 1. The van der Waals surface area contributed by atoms with Gasteiger partial charge in [-0.1, -0.05) is 25.1 Å². The predicted molar refractivity (Wildman–Crippen MR) is 131 cm³/mol. The molecule has 36 heavy (non-hydrogen) atoms. The molecule has 10 nitrogen and oxygen atoms in total. The molecule has 0 bridgehead atoms. The molecular weight excluding hydrogens is 464 g/mol. The first-order valence-electron chi connectivity index (χ1n) is 11.5. The van der Waals surface area contributed by atoms with Crippen molar-refractivity contribution in [2.45, 2.75) is 39.0 Å². The summed E-state index contributed by atoms with van der Waals surface area (Å²) in [7, 11) is 1.71. The Kier molecular flexibility index (Phi) is 7.03. The van der Waals surface area contributed by atoms with Gasteiger partial charge in [-0.2, -0.15) is 0 Å². The monoisotopic (exact) mass is 490 g/mol. The number of nitrogens with one attached hydrogen (secondary N) is 1. The third-order valence-corrected chi connectivity index (χ3v) is 6.19. The van der Waals surface area contributed by atoms with Crippen LogP contribution in [0.25, 0.3) is 4.85 Å². The van der Waals surface area contributed by atoms with Crippen LogP contribution in [0.3, 0.4) is 0 Å². The maximum absolute atomic E-state index is 13.5. The SMILES string of the molecule is [C-]#[N+]c1ccc(NC(=O)[C@H](OC(C)=O)[C@H]2OCCN(c3ccc4c(c3)C(=O)N(C)C4)C2=O)c(CC)c1. The molecule has 0 saturated carbocycles. The van der Waals surface area contributed by atoms with Crippen LogP contribution in [0.4, 0.5) is 17.1 Å². The number of ether oxygens (including phenoxy) is 2. The maximum Gasteiger partial charge on any atom is 0.303 e. The van der Waals surface area contributed by atoms with E-state index >= 15 is 0 Å². The van der Waals surface area contributed by atoms with Gasteiger partial charge < -0.3 is 24.6 Å². The van der Waals surface area contributed by atoms with Gasteiger partial charge in [0.05, 0.1) is 13.2 Å². The fraction of sp³-hybridized carbons (Fsp3) is 0.346. The quantitative estimate of drug-likeness (QED) is 0.493. The van der Waals surface area contributed by atoms with Gasteiger partial charge in [0.1, 0.15) is 0 Å². The highest BCUT2D eigenvalue weighted by Gasteiger charge is 2.43. The Morgan fingerprint density at radius 3 is 2.72 bits per heavy atom. The molecule has 10 heteroatoms. The van der Waals surface area contributed by atoms with Crippen molar-refractivity contribution in [2.75, 3.05) is 30.4 Å². The van der Waals surface area contributed by atoms with E-state index in [1.165, 1.54) is 4.90 Å². The highest BCUT2D eigenvalue weighted by Crippen LogP contribution is 2.29. The molecule has 2 aromatic carbocycles. The van der Waals surface area contributed by atoms with Crippen LogP contribution in [-0.4, -0.2) is 61.0 Å². The van der Waals surface area contributed by atoms with Crippen LogP contribution >= 0.6 is 0 Å². The van der Waals surface area contributed by atoms with Crippen LogP contribution in [0.2, 0.25) is 0 Å². The average molecular weight is 491 g/mol. The lowest BCUT2D eigenvalue weighted by atomic mass is 10.1. The Morgan fingerprint density at radius 2 is 2.03 bits per heavy atom. The molecule has 0 aliphatic carbocycles. The fourth-order valence-electron chi connectivity index (χ4n) is 4.38. The van der Waals surface area contributed by atoms with Gasteiger partial charge in [0.25, 0.3) is 17.7 Å². The molecule has 2 aromatic rings. The van der Waals surface area contributed by atoms with E-state index in [2.05, 4.69) is 10.2 Å². The van der Waals surface area contributed by atoms with Gasteiger partial charge in [0, 0.05) is 44.0 Å². The highest BCUT2D eigenvalue weighted by molar-refractivity contribution is 6.06. The number of nitrogens with zero attached hydrogens (tertiary/aromatic N) is 3.